The minimum atomic E-state index is -0.170. The van der Waals surface area contributed by atoms with Crippen molar-refractivity contribution in [1.29, 1.82) is 0 Å². The third kappa shape index (κ3) is 8.31. The standard InChI is InChI=1S/C23H38FN5O2.HI/c1-4-25-23(27-18(3)16-31-20-8-13-30-17-20)26-15-19-6-7-22(21(24)14-19)29-11-9-28(5-2)10-12-29;/h6-7,14,18,20H,4-5,8-13,15-17H2,1-3H3,(H2,25,26,27);1H. The topological polar surface area (TPSA) is 61.4 Å². The van der Waals surface area contributed by atoms with Crippen molar-refractivity contribution in [3.8, 4) is 0 Å². The molecule has 1 aromatic carbocycles. The number of halogens is 2. The zero-order valence-corrected chi connectivity index (χ0v) is 21.9. The van der Waals surface area contributed by atoms with Crippen LogP contribution in [0.5, 0.6) is 0 Å². The van der Waals surface area contributed by atoms with Gasteiger partial charge >= 0.3 is 0 Å². The first-order valence-corrected chi connectivity index (χ1v) is 11.6. The molecule has 2 aliphatic heterocycles. The van der Waals surface area contributed by atoms with Gasteiger partial charge < -0.3 is 29.9 Å². The molecular weight excluding hydrogens is 524 g/mol. The highest BCUT2D eigenvalue weighted by Gasteiger charge is 2.19. The van der Waals surface area contributed by atoms with Gasteiger partial charge in [-0.1, -0.05) is 13.0 Å². The van der Waals surface area contributed by atoms with Crippen molar-refractivity contribution >= 4 is 35.6 Å². The fraction of sp³-hybridized carbons (Fsp3) is 0.696. The maximum absolute atomic E-state index is 14.8. The number of benzene rings is 1. The van der Waals surface area contributed by atoms with E-state index >= 15 is 0 Å². The maximum atomic E-state index is 14.8. The highest BCUT2D eigenvalue weighted by atomic mass is 127. The molecule has 0 spiro atoms. The molecule has 32 heavy (non-hydrogen) atoms. The van der Waals surface area contributed by atoms with Gasteiger partial charge in [-0.05, 0) is 44.5 Å². The molecule has 0 saturated carbocycles. The van der Waals surface area contributed by atoms with E-state index in [1.165, 1.54) is 0 Å². The van der Waals surface area contributed by atoms with Crippen molar-refractivity contribution in [3.63, 3.8) is 0 Å². The van der Waals surface area contributed by atoms with E-state index in [9.17, 15) is 4.39 Å². The van der Waals surface area contributed by atoms with Crippen molar-refractivity contribution in [1.82, 2.24) is 15.5 Å². The van der Waals surface area contributed by atoms with Crippen LogP contribution in [0.2, 0.25) is 0 Å². The Balaban J connectivity index is 0.00000363. The molecule has 7 nitrogen and oxygen atoms in total. The van der Waals surface area contributed by atoms with Gasteiger partial charge in [0, 0.05) is 45.4 Å². The number of nitrogens with one attached hydrogen (secondary N) is 2. The monoisotopic (exact) mass is 563 g/mol. The Kier molecular flexibility index (Phi) is 12.0. The van der Waals surface area contributed by atoms with Crippen LogP contribution in [0, 0.1) is 5.82 Å². The van der Waals surface area contributed by atoms with E-state index in [4.69, 9.17) is 9.47 Å². The molecule has 2 atom stereocenters. The minimum Gasteiger partial charge on any atom is -0.379 e. The third-order valence-electron chi connectivity index (χ3n) is 5.79. The second kappa shape index (κ2) is 14.2. The van der Waals surface area contributed by atoms with Gasteiger partial charge in [-0.15, -0.1) is 24.0 Å². The molecule has 2 N–H and O–H groups in total. The molecule has 2 heterocycles. The molecule has 0 aliphatic carbocycles. The Morgan fingerprint density at radius 1 is 1.28 bits per heavy atom. The Hall–Kier alpha value is -1.17. The number of hydrogen-bond donors (Lipinski definition) is 2. The normalized spacial score (nSPS) is 20.7. The predicted molar refractivity (Wildman–Crippen MR) is 139 cm³/mol. The van der Waals surface area contributed by atoms with Crippen LogP contribution in [0.3, 0.4) is 0 Å². The largest absolute Gasteiger partial charge is 0.379 e. The molecule has 2 saturated heterocycles. The summed E-state index contributed by atoms with van der Waals surface area (Å²) in [6.45, 7) is 14.2. The number of anilines is 1. The van der Waals surface area contributed by atoms with Crippen molar-refractivity contribution in [2.75, 3.05) is 64.0 Å². The predicted octanol–water partition coefficient (Wildman–Crippen LogP) is 2.83. The first-order valence-electron chi connectivity index (χ1n) is 11.6. The molecule has 1 aromatic rings. The van der Waals surface area contributed by atoms with Crippen molar-refractivity contribution in [2.45, 2.75) is 45.9 Å². The lowest BCUT2D eigenvalue weighted by Gasteiger charge is -2.35. The highest BCUT2D eigenvalue weighted by Crippen LogP contribution is 2.22. The van der Waals surface area contributed by atoms with Gasteiger partial charge in [0.1, 0.15) is 5.82 Å². The van der Waals surface area contributed by atoms with Gasteiger partial charge in [-0.3, -0.25) is 0 Å². The van der Waals surface area contributed by atoms with Gasteiger partial charge in [-0.25, -0.2) is 9.38 Å². The van der Waals surface area contributed by atoms with Crippen LogP contribution >= 0.6 is 24.0 Å². The molecule has 182 valence electrons. The average molecular weight is 564 g/mol. The molecule has 0 radical (unpaired) electrons. The van der Waals surface area contributed by atoms with Gasteiger partial charge in [0.2, 0.25) is 0 Å². The number of guanidine groups is 1. The van der Waals surface area contributed by atoms with E-state index in [0.29, 0.717) is 31.4 Å². The maximum Gasteiger partial charge on any atom is 0.191 e. The molecule has 2 aliphatic rings. The molecule has 2 unspecified atom stereocenters. The lowest BCUT2D eigenvalue weighted by Crippen LogP contribution is -2.46. The lowest BCUT2D eigenvalue weighted by molar-refractivity contribution is 0.0347. The smallest absolute Gasteiger partial charge is 0.191 e. The number of aliphatic imine (C=N–C) groups is 1. The van der Waals surface area contributed by atoms with E-state index in [1.807, 2.05) is 19.1 Å². The number of rotatable bonds is 9. The molecule has 0 amide bonds. The summed E-state index contributed by atoms with van der Waals surface area (Å²) >= 11 is 0. The Morgan fingerprint density at radius 3 is 2.69 bits per heavy atom. The van der Waals surface area contributed by atoms with E-state index < -0.39 is 0 Å². The zero-order valence-electron chi connectivity index (χ0n) is 19.6. The van der Waals surface area contributed by atoms with Crippen molar-refractivity contribution in [2.24, 2.45) is 4.99 Å². The molecule has 0 bridgehead atoms. The summed E-state index contributed by atoms with van der Waals surface area (Å²) in [6, 6.07) is 5.59. The van der Waals surface area contributed by atoms with Crippen LogP contribution in [-0.4, -0.2) is 82.1 Å². The van der Waals surface area contributed by atoms with E-state index in [-0.39, 0.29) is 41.9 Å². The third-order valence-corrected chi connectivity index (χ3v) is 5.79. The number of nitrogens with zero attached hydrogens (tertiary/aromatic N) is 3. The van der Waals surface area contributed by atoms with Crippen molar-refractivity contribution < 1.29 is 13.9 Å². The quantitative estimate of drug-likeness (QED) is 0.274. The highest BCUT2D eigenvalue weighted by molar-refractivity contribution is 14.0. The van der Waals surface area contributed by atoms with Gasteiger partial charge in [0.05, 0.1) is 31.5 Å². The first-order chi connectivity index (χ1) is 15.1. The minimum absolute atomic E-state index is 0. The average Bonchev–Trinajstić information content (AvgIpc) is 3.30. The Bertz CT molecular complexity index is 710. The number of piperazine rings is 1. The molecule has 2 fully saturated rings. The number of ether oxygens (including phenoxy) is 2. The Labute approximate surface area is 209 Å². The SMILES string of the molecule is CCNC(=NCc1ccc(N2CCN(CC)CC2)c(F)c1)NC(C)COC1CCOC1.I. The van der Waals surface area contributed by atoms with Crippen LogP contribution in [0.4, 0.5) is 10.1 Å². The zero-order chi connectivity index (χ0) is 22.1. The van der Waals surface area contributed by atoms with E-state index in [1.54, 1.807) is 6.07 Å². The molecule has 3 rings (SSSR count). The van der Waals surface area contributed by atoms with Crippen LogP contribution in [0.1, 0.15) is 32.8 Å². The summed E-state index contributed by atoms with van der Waals surface area (Å²) in [7, 11) is 0. The van der Waals surface area contributed by atoms with Gasteiger partial charge in [-0.2, -0.15) is 0 Å². The van der Waals surface area contributed by atoms with Gasteiger partial charge in [0.25, 0.3) is 0 Å². The summed E-state index contributed by atoms with van der Waals surface area (Å²) < 4.78 is 26.0. The summed E-state index contributed by atoms with van der Waals surface area (Å²) in [5.74, 6) is 0.539. The van der Waals surface area contributed by atoms with E-state index in [0.717, 1.165) is 57.9 Å². The number of hydrogen-bond acceptors (Lipinski definition) is 5. The fourth-order valence-electron chi connectivity index (χ4n) is 3.90. The second-order valence-corrected chi connectivity index (χ2v) is 8.27. The van der Waals surface area contributed by atoms with Crippen LogP contribution in [0.25, 0.3) is 0 Å². The van der Waals surface area contributed by atoms with Gasteiger partial charge in [0.15, 0.2) is 5.96 Å². The molecular formula is C23H39FIN5O2. The summed E-state index contributed by atoms with van der Waals surface area (Å²) in [4.78, 5) is 9.16. The second-order valence-electron chi connectivity index (χ2n) is 8.27. The fourth-order valence-corrected chi connectivity index (χ4v) is 3.90. The summed E-state index contributed by atoms with van der Waals surface area (Å²) in [5, 5.41) is 6.62. The first kappa shape index (κ1) is 27.1. The van der Waals surface area contributed by atoms with Crippen LogP contribution in [0.15, 0.2) is 23.2 Å². The Morgan fingerprint density at radius 2 is 2.06 bits per heavy atom. The van der Waals surface area contributed by atoms with E-state index in [2.05, 4.69) is 39.3 Å². The molecule has 9 heteroatoms. The van der Waals surface area contributed by atoms with Crippen LogP contribution in [-0.2, 0) is 16.0 Å². The van der Waals surface area contributed by atoms with Crippen molar-refractivity contribution in [3.05, 3.63) is 29.6 Å². The van der Waals surface area contributed by atoms with Crippen LogP contribution < -0.4 is 15.5 Å². The lowest BCUT2D eigenvalue weighted by atomic mass is 10.1. The summed E-state index contributed by atoms with van der Waals surface area (Å²) in [5.41, 5.74) is 1.55. The molecule has 0 aromatic heterocycles. The summed E-state index contributed by atoms with van der Waals surface area (Å²) in [6.07, 6.45) is 1.15. The number of likely N-dealkylation sites (N-methyl/N-ethyl adjacent to an activating group) is 1.